The molecular formula is C19H29N3O2. The average molecular weight is 331 g/mol. The van der Waals surface area contributed by atoms with E-state index in [4.69, 9.17) is 0 Å². The van der Waals surface area contributed by atoms with E-state index in [0.717, 1.165) is 32.2 Å². The number of hydrogen-bond donors (Lipinski definition) is 2. The summed E-state index contributed by atoms with van der Waals surface area (Å²) in [6, 6.07) is 10.2. The maximum absolute atomic E-state index is 12.3. The molecule has 0 saturated carbocycles. The van der Waals surface area contributed by atoms with Crippen molar-refractivity contribution in [2.75, 3.05) is 19.6 Å². The van der Waals surface area contributed by atoms with E-state index < -0.39 is 0 Å². The fourth-order valence-electron chi connectivity index (χ4n) is 3.21. The van der Waals surface area contributed by atoms with Crippen LogP contribution < -0.4 is 10.6 Å². The summed E-state index contributed by atoms with van der Waals surface area (Å²) >= 11 is 0. The maximum Gasteiger partial charge on any atom is 0.314 e. The number of carbonyl (C=O) groups is 2. The minimum atomic E-state index is -0.204. The molecule has 0 bridgehead atoms. The number of nitrogens with one attached hydrogen (secondary N) is 2. The SMILES string of the molecule is CC[C@H]1CCCCN1C(=O)CCNC(=O)NCCc1ccccc1. The van der Waals surface area contributed by atoms with E-state index in [9.17, 15) is 9.59 Å². The molecule has 2 rings (SSSR count). The second kappa shape index (κ2) is 9.96. The number of rotatable bonds is 7. The first kappa shape index (κ1) is 18.3. The Balaban J connectivity index is 1.60. The van der Waals surface area contributed by atoms with Crippen LogP contribution >= 0.6 is 0 Å². The fourth-order valence-corrected chi connectivity index (χ4v) is 3.21. The number of hydrogen-bond acceptors (Lipinski definition) is 2. The number of benzene rings is 1. The van der Waals surface area contributed by atoms with E-state index in [-0.39, 0.29) is 11.9 Å². The summed E-state index contributed by atoms with van der Waals surface area (Å²) < 4.78 is 0. The van der Waals surface area contributed by atoms with Gasteiger partial charge < -0.3 is 15.5 Å². The first-order chi connectivity index (χ1) is 11.7. The Bertz CT molecular complexity index is 519. The summed E-state index contributed by atoms with van der Waals surface area (Å²) in [7, 11) is 0. The Morgan fingerprint density at radius 2 is 1.88 bits per heavy atom. The quantitative estimate of drug-likeness (QED) is 0.807. The van der Waals surface area contributed by atoms with E-state index in [1.165, 1.54) is 12.0 Å². The van der Waals surface area contributed by atoms with Gasteiger partial charge in [-0.1, -0.05) is 37.3 Å². The van der Waals surface area contributed by atoms with Crippen molar-refractivity contribution >= 4 is 11.9 Å². The number of carbonyl (C=O) groups excluding carboxylic acids is 2. The van der Waals surface area contributed by atoms with Crippen LogP contribution in [0.2, 0.25) is 0 Å². The molecule has 3 amide bonds. The third-order valence-electron chi connectivity index (χ3n) is 4.59. The van der Waals surface area contributed by atoms with Gasteiger partial charge in [0, 0.05) is 32.1 Å². The van der Waals surface area contributed by atoms with Crippen LogP contribution in [0.1, 0.15) is 44.6 Å². The first-order valence-electron chi connectivity index (χ1n) is 9.05. The van der Waals surface area contributed by atoms with Crippen molar-refractivity contribution in [1.29, 1.82) is 0 Å². The van der Waals surface area contributed by atoms with Crippen LogP contribution in [0.4, 0.5) is 4.79 Å². The second-order valence-corrected chi connectivity index (χ2v) is 6.31. The van der Waals surface area contributed by atoms with E-state index in [1.807, 2.05) is 35.2 Å². The van der Waals surface area contributed by atoms with Gasteiger partial charge in [0.05, 0.1) is 0 Å². The van der Waals surface area contributed by atoms with Crippen LogP contribution in [-0.4, -0.2) is 42.5 Å². The number of piperidine rings is 1. The highest BCUT2D eigenvalue weighted by molar-refractivity contribution is 5.78. The summed E-state index contributed by atoms with van der Waals surface area (Å²) in [5.74, 6) is 0.158. The zero-order valence-corrected chi connectivity index (χ0v) is 14.6. The molecule has 5 heteroatoms. The molecule has 0 radical (unpaired) electrons. The average Bonchev–Trinajstić information content (AvgIpc) is 2.62. The molecule has 1 aromatic rings. The monoisotopic (exact) mass is 331 g/mol. The third-order valence-corrected chi connectivity index (χ3v) is 4.59. The van der Waals surface area contributed by atoms with Crippen molar-refractivity contribution in [2.45, 2.75) is 51.5 Å². The van der Waals surface area contributed by atoms with Gasteiger partial charge in [0.15, 0.2) is 0 Å². The zero-order chi connectivity index (χ0) is 17.2. The van der Waals surface area contributed by atoms with Gasteiger partial charge in [-0.3, -0.25) is 4.79 Å². The standard InChI is InChI=1S/C19H29N3O2/c1-2-17-10-6-7-15-22(17)18(23)12-14-21-19(24)20-13-11-16-8-4-3-5-9-16/h3-5,8-9,17H,2,6-7,10-15H2,1H3,(H2,20,21,24)/t17-/m0/s1. The van der Waals surface area contributed by atoms with Crippen molar-refractivity contribution in [2.24, 2.45) is 0 Å². The van der Waals surface area contributed by atoms with Crippen molar-refractivity contribution in [3.63, 3.8) is 0 Å². The molecule has 0 unspecified atom stereocenters. The summed E-state index contributed by atoms with van der Waals surface area (Å²) in [6.45, 7) is 3.98. The highest BCUT2D eigenvalue weighted by Crippen LogP contribution is 2.19. The highest BCUT2D eigenvalue weighted by atomic mass is 16.2. The molecule has 1 atom stereocenters. The van der Waals surface area contributed by atoms with Gasteiger partial charge in [-0.15, -0.1) is 0 Å². The minimum absolute atomic E-state index is 0.158. The van der Waals surface area contributed by atoms with Crippen LogP contribution in [0, 0.1) is 0 Å². The predicted molar refractivity (Wildman–Crippen MR) is 95.8 cm³/mol. The summed E-state index contributed by atoms with van der Waals surface area (Å²) in [4.78, 5) is 26.1. The van der Waals surface area contributed by atoms with Crippen molar-refractivity contribution in [3.05, 3.63) is 35.9 Å². The van der Waals surface area contributed by atoms with Crippen LogP contribution in [-0.2, 0) is 11.2 Å². The largest absolute Gasteiger partial charge is 0.340 e. The number of likely N-dealkylation sites (tertiary alicyclic amines) is 1. The lowest BCUT2D eigenvalue weighted by molar-refractivity contribution is -0.134. The minimum Gasteiger partial charge on any atom is -0.340 e. The van der Waals surface area contributed by atoms with Gasteiger partial charge in [0.2, 0.25) is 5.91 Å². The Morgan fingerprint density at radius 1 is 1.12 bits per heavy atom. The Labute approximate surface area is 144 Å². The van der Waals surface area contributed by atoms with Gasteiger partial charge in [-0.2, -0.15) is 0 Å². The predicted octanol–water partition coefficient (Wildman–Crippen LogP) is 2.71. The summed E-state index contributed by atoms with van der Waals surface area (Å²) in [5.41, 5.74) is 1.20. The molecule has 1 saturated heterocycles. The van der Waals surface area contributed by atoms with Crippen LogP contribution in [0.25, 0.3) is 0 Å². The van der Waals surface area contributed by atoms with Crippen LogP contribution in [0.3, 0.4) is 0 Å². The lowest BCUT2D eigenvalue weighted by Gasteiger charge is -2.35. The fraction of sp³-hybridized carbons (Fsp3) is 0.579. The van der Waals surface area contributed by atoms with E-state index in [2.05, 4.69) is 17.6 Å². The molecule has 1 aliphatic rings. The van der Waals surface area contributed by atoms with E-state index >= 15 is 0 Å². The maximum atomic E-state index is 12.3. The topological polar surface area (TPSA) is 61.4 Å². The first-order valence-corrected chi connectivity index (χ1v) is 9.05. The molecule has 1 aromatic carbocycles. The molecule has 132 valence electrons. The molecule has 2 N–H and O–H groups in total. The Hall–Kier alpha value is -2.04. The molecule has 1 fully saturated rings. The lowest BCUT2D eigenvalue weighted by Crippen LogP contribution is -2.45. The molecule has 0 aliphatic carbocycles. The number of urea groups is 1. The highest BCUT2D eigenvalue weighted by Gasteiger charge is 2.24. The Kier molecular flexibility index (Phi) is 7.59. The Morgan fingerprint density at radius 3 is 2.62 bits per heavy atom. The van der Waals surface area contributed by atoms with Crippen molar-refractivity contribution in [3.8, 4) is 0 Å². The van der Waals surface area contributed by atoms with Gasteiger partial charge >= 0.3 is 6.03 Å². The molecular weight excluding hydrogens is 302 g/mol. The smallest absolute Gasteiger partial charge is 0.314 e. The molecule has 1 heterocycles. The van der Waals surface area contributed by atoms with Gasteiger partial charge in [0.1, 0.15) is 0 Å². The van der Waals surface area contributed by atoms with Crippen LogP contribution in [0.5, 0.6) is 0 Å². The van der Waals surface area contributed by atoms with Crippen molar-refractivity contribution < 1.29 is 9.59 Å². The normalized spacial score (nSPS) is 17.4. The van der Waals surface area contributed by atoms with Crippen LogP contribution in [0.15, 0.2) is 30.3 Å². The van der Waals surface area contributed by atoms with E-state index in [1.54, 1.807) is 0 Å². The van der Waals surface area contributed by atoms with Gasteiger partial charge in [0.25, 0.3) is 0 Å². The molecule has 24 heavy (non-hydrogen) atoms. The second-order valence-electron chi connectivity index (χ2n) is 6.31. The summed E-state index contributed by atoms with van der Waals surface area (Å²) in [5, 5.41) is 5.60. The number of nitrogens with zero attached hydrogens (tertiary/aromatic N) is 1. The third kappa shape index (κ3) is 5.87. The zero-order valence-electron chi connectivity index (χ0n) is 14.6. The molecule has 5 nitrogen and oxygen atoms in total. The van der Waals surface area contributed by atoms with Gasteiger partial charge in [-0.05, 0) is 37.7 Å². The van der Waals surface area contributed by atoms with Crippen molar-refractivity contribution in [1.82, 2.24) is 15.5 Å². The molecule has 0 aromatic heterocycles. The molecule has 1 aliphatic heterocycles. The summed E-state index contributed by atoms with van der Waals surface area (Å²) in [6.07, 6.45) is 5.61. The lowest BCUT2D eigenvalue weighted by atomic mass is 9.99. The van der Waals surface area contributed by atoms with E-state index in [0.29, 0.717) is 25.6 Å². The number of amides is 3. The molecule has 0 spiro atoms. The van der Waals surface area contributed by atoms with Gasteiger partial charge in [-0.25, -0.2) is 4.79 Å².